The van der Waals surface area contributed by atoms with Crippen molar-refractivity contribution in [2.24, 2.45) is 0 Å². The Labute approximate surface area is 153 Å². The average molecular weight is 356 g/mol. The Bertz CT molecular complexity index is 745. The molecule has 0 radical (unpaired) electrons. The Hall–Kier alpha value is -2.93. The van der Waals surface area contributed by atoms with Gasteiger partial charge in [0.15, 0.2) is 0 Å². The summed E-state index contributed by atoms with van der Waals surface area (Å²) in [7, 11) is 3.85. The van der Waals surface area contributed by atoms with Crippen molar-refractivity contribution in [3.63, 3.8) is 0 Å². The number of anilines is 1. The minimum Gasteiger partial charge on any atom is -0.494 e. The summed E-state index contributed by atoms with van der Waals surface area (Å²) >= 11 is 0. The Balaban J connectivity index is 1.99. The van der Waals surface area contributed by atoms with Gasteiger partial charge in [0.1, 0.15) is 11.4 Å². The molecule has 1 aromatic carbocycles. The van der Waals surface area contributed by atoms with Crippen LogP contribution in [0.15, 0.2) is 42.6 Å². The summed E-state index contributed by atoms with van der Waals surface area (Å²) in [6.07, 6.45) is 1.45. The summed E-state index contributed by atoms with van der Waals surface area (Å²) in [6, 6.07) is 10.2. The molecule has 0 aliphatic heterocycles. The Morgan fingerprint density at radius 2 is 1.85 bits per heavy atom. The number of carbonyl (C=O) groups excluding carboxylic acids is 2. The number of hydrogen-bond donors (Lipinski definition) is 2. The summed E-state index contributed by atoms with van der Waals surface area (Å²) in [5.74, 6) is 0.132. The highest BCUT2D eigenvalue weighted by Crippen LogP contribution is 2.16. The van der Waals surface area contributed by atoms with Crippen molar-refractivity contribution in [3.8, 4) is 5.75 Å². The van der Waals surface area contributed by atoms with E-state index in [9.17, 15) is 9.59 Å². The number of nitrogens with zero attached hydrogens (tertiary/aromatic N) is 2. The van der Waals surface area contributed by atoms with Crippen molar-refractivity contribution in [3.05, 3.63) is 53.9 Å². The molecule has 0 spiro atoms. The maximum Gasteiger partial charge on any atom is 0.269 e. The van der Waals surface area contributed by atoms with Crippen LogP contribution in [0.25, 0.3) is 0 Å². The van der Waals surface area contributed by atoms with Gasteiger partial charge in [0.25, 0.3) is 11.8 Å². The molecule has 2 rings (SSSR count). The third kappa shape index (κ3) is 5.86. The van der Waals surface area contributed by atoms with Crippen molar-refractivity contribution >= 4 is 17.5 Å². The molecule has 7 heteroatoms. The minimum atomic E-state index is -0.307. The molecule has 0 saturated heterocycles. The first-order chi connectivity index (χ1) is 12.5. The van der Waals surface area contributed by atoms with Gasteiger partial charge in [0, 0.05) is 30.5 Å². The van der Waals surface area contributed by atoms with Gasteiger partial charge >= 0.3 is 0 Å². The Morgan fingerprint density at radius 1 is 1.12 bits per heavy atom. The van der Waals surface area contributed by atoms with Crippen LogP contribution in [0.2, 0.25) is 0 Å². The Morgan fingerprint density at radius 3 is 2.50 bits per heavy atom. The van der Waals surface area contributed by atoms with Gasteiger partial charge in [-0.15, -0.1) is 0 Å². The van der Waals surface area contributed by atoms with Crippen LogP contribution in [0.5, 0.6) is 5.75 Å². The second-order valence-electron chi connectivity index (χ2n) is 5.90. The van der Waals surface area contributed by atoms with E-state index in [1.165, 1.54) is 12.3 Å². The van der Waals surface area contributed by atoms with Crippen LogP contribution in [0.3, 0.4) is 0 Å². The van der Waals surface area contributed by atoms with E-state index in [1.54, 1.807) is 30.3 Å². The molecule has 7 nitrogen and oxygen atoms in total. The first-order valence-electron chi connectivity index (χ1n) is 8.42. The molecule has 0 fully saturated rings. The van der Waals surface area contributed by atoms with Crippen molar-refractivity contribution in [2.75, 3.05) is 39.1 Å². The number of likely N-dealkylation sites (N-methyl/N-ethyl adjacent to an activating group) is 1. The van der Waals surface area contributed by atoms with Crippen LogP contribution in [-0.4, -0.2) is 55.5 Å². The molecule has 0 aliphatic rings. The molecule has 2 aromatic rings. The molecule has 0 bridgehead atoms. The largest absolute Gasteiger partial charge is 0.494 e. The molecular weight excluding hydrogens is 332 g/mol. The SMILES string of the molecule is CCOc1ccc(NC(=O)c2ccnc(C(=O)NCCN(C)C)c2)cc1. The number of carbonyl (C=O) groups is 2. The predicted molar refractivity (Wildman–Crippen MR) is 101 cm³/mol. The number of aromatic nitrogens is 1. The van der Waals surface area contributed by atoms with E-state index in [0.29, 0.717) is 24.4 Å². The lowest BCUT2D eigenvalue weighted by atomic mass is 10.2. The summed E-state index contributed by atoms with van der Waals surface area (Å²) in [4.78, 5) is 30.5. The monoisotopic (exact) mass is 356 g/mol. The van der Waals surface area contributed by atoms with Crippen LogP contribution < -0.4 is 15.4 Å². The minimum absolute atomic E-state index is 0.211. The molecule has 138 valence electrons. The fourth-order valence-electron chi connectivity index (χ4n) is 2.18. The number of ether oxygens (including phenoxy) is 1. The zero-order valence-corrected chi connectivity index (χ0v) is 15.3. The molecule has 2 N–H and O–H groups in total. The fraction of sp³-hybridized carbons (Fsp3) is 0.316. The van der Waals surface area contributed by atoms with Gasteiger partial charge in [-0.1, -0.05) is 0 Å². The first-order valence-corrected chi connectivity index (χ1v) is 8.42. The highest BCUT2D eigenvalue weighted by atomic mass is 16.5. The normalized spacial score (nSPS) is 10.5. The van der Waals surface area contributed by atoms with Crippen molar-refractivity contribution in [1.82, 2.24) is 15.2 Å². The lowest BCUT2D eigenvalue weighted by Crippen LogP contribution is -2.32. The average Bonchev–Trinajstić information content (AvgIpc) is 2.63. The molecule has 1 aromatic heterocycles. The lowest BCUT2D eigenvalue weighted by Gasteiger charge is -2.10. The first kappa shape index (κ1) is 19.4. The summed E-state index contributed by atoms with van der Waals surface area (Å²) in [6.45, 7) is 3.73. The van der Waals surface area contributed by atoms with Crippen molar-refractivity contribution in [2.45, 2.75) is 6.92 Å². The van der Waals surface area contributed by atoms with Gasteiger partial charge < -0.3 is 20.3 Å². The van der Waals surface area contributed by atoms with Gasteiger partial charge in [-0.2, -0.15) is 0 Å². The van der Waals surface area contributed by atoms with E-state index in [0.717, 1.165) is 12.3 Å². The van der Waals surface area contributed by atoms with Crippen LogP contribution >= 0.6 is 0 Å². The molecule has 26 heavy (non-hydrogen) atoms. The fourth-order valence-corrected chi connectivity index (χ4v) is 2.18. The predicted octanol–water partition coefficient (Wildman–Crippen LogP) is 2.02. The maximum atomic E-state index is 12.4. The van der Waals surface area contributed by atoms with Gasteiger partial charge in [0.05, 0.1) is 6.61 Å². The zero-order valence-electron chi connectivity index (χ0n) is 15.3. The second-order valence-corrected chi connectivity index (χ2v) is 5.90. The topological polar surface area (TPSA) is 83.6 Å². The lowest BCUT2D eigenvalue weighted by molar-refractivity contribution is 0.0946. The van der Waals surface area contributed by atoms with Crippen molar-refractivity contribution < 1.29 is 14.3 Å². The second kappa shape index (κ2) is 9.53. The van der Waals surface area contributed by atoms with E-state index in [2.05, 4.69) is 15.6 Å². The molecule has 1 heterocycles. The van der Waals surface area contributed by atoms with E-state index in [-0.39, 0.29) is 17.5 Å². The standard InChI is InChI=1S/C19H24N4O3/c1-4-26-16-7-5-15(6-8-16)22-18(24)14-9-10-20-17(13-14)19(25)21-11-12-23(2)3/h5-10,13H,4,11-12H2,1-3H3,(H,21,25)(H,22,24). The summed E-state index contributed by atoms with van der Waals surface area (Å²) in [5, 5.41) is 5.57. The molecule has 0 saturated carbocycles. The van der Waals surface area contributed by atoms with Gasteiger partial charge in [-0.3, -0.25) is 14.6 Å². The third-order valence-electron chi connectivity index (χ3n) is 3.52. The zero-order chi connectivity index (χ0) is 18.9. The van der Waals surface area contributed by atoms with E-state index < -0.39 is 0 Å². The van der Waals surface area contributed by atoms with Gasteiger partial charge in [-0.25, -0.2) is 0 Å². The van der Waals surface area contributed by atoms with E-state index >= 15 is 0 Å². The number of hydrogen-bond acceptors (Lipinski definition) is 5. The number of benzene rings is 1. The number of amides is 2. The number of nitrogens with one attached hydrogen (secondary N) is 2. The van der Waals surface area contributed by atoms with Crippen molar-refractivity contribution in [1.29, 1.82) is 0 Å². The van der Waals surface area contributed by atoms with Crippen LogP contribution in [0.1, 0.15) is 27.8 Å². The molecule has 0 aliphatic carbocycles. The smallest absolute Gasteiger partial charge is 0.269 e. The maximum absolute atomic E-state index is 12.4. The molecule has 0 atom stereocenters. The number of rotatable bonds is 8. The van der Waals surface area contributed by atoms with E-state index in [1.807, 2.05) is 25.9 Å². The van der Waals surface area contributed by atoms with Crippen LogP contribution in [-0.2, 0) is 0 Å². The highest BCUT2D eigenvalue weighted by Gasteiger charge is 2.12. The highest BCUT2D eigenvalue weighted by molar-refractivity contribution is 6.05. The summed E-state index contributed by atoms with van der Waals surface area (Å²) in [5.41, 5.74) is 1.22. The molecule has 0 unspecified atom stereocenters. The van der Waals surface area contributed by atoms with Gasteiger partial charge in [-0.05, 0) is 57.4 Å². The van der Waals surface area contributed by atoms with Crippen LogP contribution in [0.4, 0.5) is 5.69 Å². The summed E-state index contributed by atoms with van der Waals surface area (Å²) < 4.78 is 5.37. The van der Waals surface area contributed by atoms with Gasteiger partial charge in [0.2, 0.25) is 0 Å². The molecular formula is C19H24N4O3. The van der Waals surface area contributed by atoms with Crippen LogP contribution in [0, 0.1) is 0 Å². The molecule has 2 amide bonds. The third-order valence-corrected chi connectivity index (χ3v) is 3.52. The Kier molecular flexibility index (Phi) is 7.11. The number of pyridine rings is 1. The quantitative estimate of drug-likeness (QED) is 0.756. The van der Waals surface area contributed by atoms with E-state index in [4.69, 9.17) is 4.74 Å².